The van der Waals surface area contributed by atoms with Crippen molar-refractivity contribution in [2.24, 2.45) is 10.2 Å². The second-order valence-corrected chi connectivity index (χ2v) is 6.54. The first kappa shape index (κ1) is 14.9. The number of nitrogens with zero attached hydrogens (tertiary/aromatic N) is 3. The molecule has 0 spiro atoms. The van der Waals surface area contributed by atoms with Crippen molar-refractivity contribution in [2.75, 3.05) is 0 Å². The average molecular weight is 329 g/mol. The van der Waals surface area contributed by atoms with Crippen LogP contribution < -0.4 is 0 Å². The number of benzene rings is 1. The summed E-state index contributed by atoms with van der Waals surface area (Å²) in [5.74, 6) is 0.220. The maximum absolute atomic E-state index is 10.3. The molecule has 1 aromatic carbocycles. The molecule has 0 radical (unpaired) electrons. The molecule has 0 atom stereocenters. The first-order valence-electron chi connectivity index (χ1n) is 7.02. The van der Waals surface area contributed by atoms with Crippen LogP contribution in [0.3, 0.4) is 0 Å². The summed E-state index contributed by atoms with van der Waals surface area (Å²) in [6, 6.07) is 9.88. The van der Waals surface area contributed by atoms with Crippen LogP contribution in [0.5, 0.6) is 5.88 Å². The lowest BCUT2D eigenvalue weighted by molar-refractivity contribution is 0.413. The average Bonchev–Trinajstić information content (AvgIpc) is 3.09. The van der Waals surface area contributed by atoms with Gasteiger partial charge >= 0.3 is 0 Å². The molecule has 4 nitrogen and oxygen atoms in total. The van der Waals surface area contributed by atoms with Gasteiger partial charge in [0, 0.05) is 17.7 Å². The van der Waals surface area contributed by atoms with Gasteiger partial charge in [-0.05, 0) is 24.7 Å². The number of aromatic hydroxyl groups is 1. The fourth-order valence-electron chi connectivity index (χ4n) is 2.26. The SMILES string of the molecule is CCCn1c(O)c(/C=C2\C=NN=C2c2ccccc2)sc1=S. The Kier molecular flexibility index (Phi) is 4.31. The Morgan fingerprint density at radius 2 is 2.09 bits per heavy atom. The van der Waals surface area contributed by atoms with Crippen molar-refractivity contribution in [2.45, 2.75) is 19.9 Å². The van der Waals surface area contributed by atoms with Crippen LogP contribution in [0.15, 0.2) is 46.1 Å². The molecule has 112 valence electrons. The molecule has 0 unspecified atom stereocenters. The lowest BCUT2D eigenvalue weighted by Gasteiger charge is -2.03. The summed E-state index contributed by atoms with van der Waals surface area (Å²) in [6.07, 6.45) is 4.52. The number of hydrogen-bond donors (Lipinski definition) is 1. The van der Waals surface area contributed by atoms with E-state index in [-0.39, 0.29) is 5.88 Å². The summed E-state index contributed by atoms with van der Waals surface area (Å²) in [5.41, 5.74) is 2.69. The monoisotopic (exact) mass is 329 g/mol. The molecule has 0 bridgehead atoms. The molecule has 0 aliphatic carbocycles. The third-order valence-corrected chi connectivity index (χ3v) is 4.69. The lowest BCUT2D eigenvalue weighted by Crippen LogP contribution is -2.01. The van der Waals surface area contributed by atoms with E-state index in [4.69, 9.17) is 12.2 Å². The van der Waals surface area contributed by atoms with Crippen molar-refractivity contribution < 1.29 is 5.11 Å². The smallest absolute Gasteiger partial charge is 0.210 e. The third-order valence-electron chi connectivity index (χ3n) is 3.30. The highest BCUT2D eigenvalue weighted by atomic mass is 32.1. The van der Waals surface area contributed by atoms with Gasteiger partial charge in [-0.15, -0.1) is 16.4 Å². The normalized spacial score (nSPS) is 15.5. The minimum absolute atomic E-state index is 0.220. The Hall–Kier alpha value is -2.05. The summed E-state index contributed by atoms with van der Waals surface area (Å²) < 4.78 is 2.44. The van der Waals surface area contributed by atoms with Crippen molar-refractivity contribution in [1.82, 2.24) is 4.57 Å². The van der Waals surface area contributed by atoms with E-state index in [1.807, 2.05) is 36.4 Å². The number of rotatable bonds is 4. The van der Waals surface area contributed by atoms with Crippen molar-refractivity contribution in [3.05, 3.63) is 50.3 Å². The third kappa shape index (κ3) is 2.80. The van der Waals surface area contributed by atoms with Crippen LogP contribution in [0, 0.1) is 3.95 Å². The lowest BCUT2D eigenvalue weighted by atomic mass is 10.0. The molecule has 1 aliphatic heterocycles. The van der Waals surface area contributed by atoms with Crippen molar-refractivity contribution in [3.63, 3.8) is 0 Å². The van der Waals surface area contributed by atoms with E-state index >= 15 is 0 Å². The maximum Gasteiger partial charge on any atom is 0.210 e. The van der Waals surface area contributed by atoms with Gasteiger partial charge in [0.15, 0.2) is 3.95 Å². The van der Waals surface area contributed by atoms with Crippen LogP contribution in [0.25, 0.3) is 6.08 Å². The van der Waals surface area contributed by atoms with Gasteiger partial charge in [0.2, 0.25) is 5.88 Å². The molecule has 22 heavy (non-hydrogen) atoms. The van der Waals surface area contributed by atoms with Crippen LogP contribution in [0.4, 0.5) is 0 Å². The summed E-state index contributed by atoms with van der Waals surface area (Å²) in [6.45, 7) is 2.78. The quantitative estimate of drug-likeness (QED) is 0.852. The number of thiazole rings is 1. The molecular weight excluding hydrogens is 314 g/mol. The van der Waals surface area contributed by atoms with Gasteiger partial charge < -0.3 is 5.11 Å². The van der Waals surface area contributed by atoms with Gasteiger partial charge in [-0.2, -0.15) is 5.10 Å². The zero-order valence-electron chi connectivity index (χ0n) is 12.1. The highest BCUT2D eigenvalue weighted by Crippen LogP contribution is 2.29. The highest BCUT2D eigenvalue weighted by Gasteiger charge is 2.16. The Bertz CT molecular complexity index is 829. The zero-order valence-corrected chi connectivity index (χ0v) is 13.7. The minimum Gasteiger partial charge on any atom is -0.493 e. The summed E-state index contributed by atoms with van der Waals surface area (Å²) in [7, 11) is 0. The molecule has 0 fully saturated rings. The number of aromatic nitrogens is 1. The molecule has 1 aromatic heterocycles. The van der Waals surface area contributed by atoms with Crippen LogP contribution in [-0.2, 0) is 6.54 Å². The van der Waals surface area contributed by atoms with Crippen LogP contribution in [0.1, 0.15) is 23.8 Å². The van der Waals surface area contributed by atoms with E-state index in [0.29, 0.717) is 3.95 Å². The predicted octanol–water partition coefficient (Wildman–Crippen LogP) is 4.27. The molecular formula is C16H15N3OS2. The molecule has 6 heteroatoms. The summed E-state index contributed by atoms with van der Waals surface area (Å²) >= 11 is 6.72. The second-order valence-electron chi connectivity index (χ2n) is 4.87. The predicted molar refractivity (Wildman–Crippen MR) is 94.5 cm³/mol. The zero-order chi connectivity index (χ0) is 15.5. The highest BCUT2D eigenvalue weighted by molar-refractivity contribution is 7.73. The van der Waals surface area contributed by atoms with E-state index in [9.17, 15) is 5.11 Å². The van der Waals surface area contributed by atoms with Crippen LogP contribution in [0.2, 0.25) is 0 Å². The van der Waals surface area contributed by atoms with Crippen LogP contribution in [-0.4, -0.2) is 21.6 Å². The largest absolute Gasteiger partial charge is 0.493 e. The maximum atomic E-state index is 10.3. The first-order valence-corrected chi connectivity index (χ1v) is 8.24. The van der Waals surface area contributed by atoms with E-state index in [1.54, 1.807) is 10.8 Å². The molecule has 2 heterocycles. The Morgan fingerprint density at radius 1 is 1.32 bits per heavy atom. The van der Waals surface area contributed by atoms with Crippen LogP contribution >= 0.6 is 23.6 Å². The van der Waals surface area contributed by atoms with E-state index < -0.39 is 0 Å². The molecule has 0 saturated heterocycles. The van der Waals surface area contributed by atoms with Gasteiger partial charge in [0.1, 0.15) is 5.71 Å². The van der Waals surface area contributed by atoms with E-state index in [0.717, 1.165) is 34.7 Å². The van der Waals surface area contributed by atoms with E-state index in [1.165, 1.54) is 11.3 Å². The Balaban J connectivity index is 1.99. The Morgan fingerprint density at radius 3 is 2.82 bits per heavy atom. The second kappa shape index (κ2) is 6.37. The first-order chi connectivity index (χ1) is 10.7. The summed E-state index contributed by atoms with van der Waals surface area (Å²) in [4.78, 5) is 0.741. The minimum atomic E-state index is 0.220. The van der Waals surface area contributed by atoms with Gasteiger partial charge in [-0.3, -0.25) is 4.57 Å². The molecule has 0 amide bonds. The van der Waals surface area contributed by atoms with Crippen molar-refractivity contribution >= 4 is 41.6 Å². The molecule has 2 aromatic rings. The van der Waals surface area contributed by atoms with E-state index in [2.05, 4.69) is 17.1 Å². The topological polar surface area (TPSA) is 49.9 Å². The molecule has 1 aliphatic rings. The Labute approximate surface area is 137 Å². The van der Waals surface area contributed by atoms with Crippen molar-refractivity contribution in [1.29, 1.82) is 0 Å². The van der Waals surface area contributed by atoms with Gasteiger partial charge in [0.05, 0.1) is 11.1 Å². The van der Waals surface area contributed by atoms with Gasteiger partial charge in [-0.25, -0.2) is 0 Å². The standard InChI is InChI=1S/C16H15N3OS2/c1-2-8-19-15(20)13(22-16(19)21)9-12-10-17-18-14(12)11-6-4-3-5-7-11/h3-7,9-10,20H,2,8H2,1H3/b12-9+. The molecule has 0 saturated carbocycles. The van der Waals surface area contributed by atoms with Gasteiger partial charge in [0.25, 0.3) is 0 Å². The number of allylic oxidation sites excluding steroid dienone is 1. The molecule has 1 N–H and O–H groups in total. The fourth-order valence-corrected chi connectivity index (χ4v) is 3.57. The fraction of sp³-hybridized carbons (Fsp3) is 0.188. The number of hydrogen-bond acceptors (Lipinski definition) is 5. The van der Waals surface area contributed by atoms with Crippen molar-refractivity contribution in [3.8, 4) is 5.88 Å². The van der Waals surface area contributed by atoms with Gasteiger partial charge in [-0.1, -0.05) is 37.3 Å². The molecule has 3 rings (SSSR count). The summed E-state index contributed by atoms with van der Waals surface area (Å²) in [5, 5.41) is 18.5.